The summed E-state index contributed by atoms with van der Waals surface area (Å²) in [6, 6.07) is 7.22. The fraction of sp³-hybridized carbons (Fsp3) is 0.462. The zero-order chi connectivity index (χ0) is 12.7. The molecule has 4 nitrogen and oxygen atoms in total. The number of rotatable bonds is 6. The van der Waals surface area contributed by atoms with Crippen LogP contribution in [-0.4, -0.2) is 24.2 Å². The van der Waals surface area contributed by atoms with E-state index in [0.29, 0.717) is 18.7 Å². The molecule has 0 heterocycles. The van der Waals surface area contributed by atoms with Crippen LogP contribution in [0.2, 0.25) is 0 Å². The fourth-order valence-electron chi connectivity index (χ4n) is 1.50. The van der Waals surface area contributed by atoms with Crippen molar-refractivity contribution in [2.75, 3.05) is 13.2 Å². The van der Waals surface area contributed by atoms with Crippen LogP contribution < -0.4 is 10.1 Å². The Labute approximate surface area is 102 Å². The van der Waals surface area contributed by atoms with Crippen LogP contribution in [0.5, 0.6) is 5.75 Å². The average Bonchev–Trinajstić information content (AvgIpc) is 2.36. The molecule has 0 fully saturated rings. The molecule has 0 radical (unpaired) electrons. The highest BCUT2D eigenvalue weighted by Crippen LogP contribution is 2.26. The van der Waals surface area contributed by atoms with Gasteiger partial charge in [0.25, 0.3) is 5.91 Å². The largest absolute Gasteiger partial charge is 0.483 e. The van der Waals surface area contributed by atoms with Crippen molar-refractivity contribution in [1.29, 1.82) is 0 Å². The summed E-state index contributed by atoms with van der Waals surface area (Å²) in [5.41, 5.74) is 0.722. The highest BCUT2D eigenvalue weighted by molar-refractivity contribution is 5.77. The van der Waals surface area contributed by atoms with Crippen LogP contribution in [0, 0.1) is 0 Å². The van der Waals surface area contributed by atoms with Crippen LogP contribution in [0.25, 0.3) is 0 Å². The minimum absolute atomic E-state index is 0.0265. The van der Waals surface area contributed by atoms with Gasteiger partial charge in [0, 0.05) is 12.1 Å². The Balaban J connectivity index is 2.67. The van der Waals surface area contributed by atoms with E-state index in [1.807, 2.05) is 26.0 Å². The molecule has 0 saturated carbocycles. The van der Waals surface area contributed by atoms with Gasteiger partial charge >= 0.3 is 0 Å². The molecule has 0 saturated heterocycles. The number of aliphatic hydroxyl groups excluding tert-OH is 1. The van der Waals surface area contributed by atoms with Gasteiger partial charge in [-0.25, -0.2) is 0 Å². The first-order chi connectivity index (χ1) is 8.19. The van der Waals surface area contributed by atoms with Crippen molar-refractivity contribution in [2.45, 2.75) is 26.4 Å². The lowest BCUT2D eigenvalue weighted by atomic mass is 10.1. The van der Waals surface area contributed by atoms with E-state index in [9.17, 15) is 9.90 Å². The Hall–Kier alpha value is -1.55. The maximum absolute atomic E-state index is 11.3. The van der Waals surface area contributed by atoms with Crippen molar-refractivity contribution in [1.82, 2.24) is 5.32 Å². The number of amides is 1. The second kappa shape index (κ2) is 6.91. The summed E-state index contributed by atoms with van der Waals surface area (Å²) in [6.45, 7) is 4.31. The Morgan fingerprint density at radius 1 is 1.41 bits per heavy atom. The summed E-state index contributed by atoms with van der Waals surface area (Å²) in [6.07, 6.45) is 0.0575. The number of aliphatic hydroxyl groups is 1. The van der Waals surface area contributed by atoms with Gasteiger partial charge in [-0.3, -0.25) is 4.79 Å². The minimum atomic E-state index is -0.555. The maximum atomic E-state index is 11.3. The van der Waals surface area contributed by atoms with E-state index in [0.717, 1.165) is 5.56 Å². The smallest absolute Gasteiger partial charge is 0.257 e. The van der Waals surface area contributed by atoms with Gasteiger partial charge in [-0.05, 0) is 19.4 Å². The maximum Gasteiger partial charge on any atom is 0.257 e. The van der Waals surface area contributed by atoms with Gasteiger partial charge in [0.15, 0.2) is 6.61 Å². The monoisotopic (exact) mass is 237 g/mol. The topological polar surface area (TPSA) is 58.6 Å². The van der Waals surface area contributed by atoms with Gasteiger partial charge in [-0.15, -0.1) is 0 Å². The Morgan fingerprint density at radius 2 is 2.12 bits per heavy atom. The SMILES string of the molecule is CCNC(=O)COc1ccccc1[C@@H](O)CC. The Kier molecular flexibility index (Phi) is 5.49. The molecule has 4 heteroatoms. The molecule has 0 spiro atoms. The van der Waals surface area contributed by atoms with Crippen LogP contribution in [0.1, 0.15) is 31.9 Å². The number of ether oxygens (including phenoxy) is 1. The molecule has 1 atom stereocenters. The van der Waals surface area contributed by atoms with Gasteiger partial charge in [-0.2, -0.15) is 0 Å². The third kappa shape index (κ3) is 4.07. The molecule has 0 aliphatic carbocycles. The van der Waals surface area contributed by atoms with Crippen molar-refractivity contribution >= 4 is 5.91 Å². The number of para-hydroxylation sites is 1. The third-order valence-corrected chi connectivity index (χ3v) is 2.40. The number of likely N-dealkylation sites (N-methyl/N-ethyl adjacent to an activating group) is 1. The summed E-state index contributed by atoms with van der Waals surface area (Å²) in [5.74, 6) is 0.404. The second-order valence-corrected chi connectivity index (χ2v) is 3.70. The summed E-state index contributed by atoms with van der Waals surface area (Å²) < 4.78 is 5.40. The van der Waals surface area contributed by atoms with Crippen molar-refractivity contribution in [3.8, 4) is 5.75 Å². The Morgan fingerprint density at radius 3 is 2.76 bits per heavy atom. The summed E-state index contributed by atoms with van der Waals surface area (Å²) in [4.78, 5) is 11.3. The first kappa shape index (κ1) is 13.5. The van der Waals surface area contributed by atoms with E-state index in [1.165, 1.54) is 0 Å². The van der Waals surface area contributed by atoms with Crippen LogP contribution >= 0.6 is 0 Å². The zero-order valence-corrected chi connectivity index (χ0v) is 10.3. The minimum Gasteiger partial charge on any atom is -0.483 e. The molecule has 1 aromatic rings. The van der Waals surface area contributed by atoms with Crippen molar-refractivity contribution < 1.29 is 14.6 Å². The summed E-state index contributed by atoms with van der Waals surface area (Å²) in [7, 11) is 0. The van der Waals surface area contributed by atoms with Gasteiger partial charge in [-0.1, -0.05) is 25.1 Å². The standard InChI is InChI=1S/C13H19NO3/c1-3-11(15)10-7-5-6-8-12(10)17-9-13(16)14-4-2/h5-8,11,15H,3-4,9H2,1-2H3,(H,14,16)/t11-/m0/s1. The van der Waals surface area contributed by atoms with Gasteiger partial charge in [0.1, 0.15) is 5.75 Å². The van der Waals surface area contributed by atoms with Gasteiger partial charge < -0.3 is 15.2 Å². The molecule has 0 unspecified atom stereocenters. The van der Waals surface area contributed by atoms with E-state index in [2.05, 4.69) is 5.32 Å². The molecule has 17 heavy (non-hydrogen) atoms. The molecule has 0 bridgehead atoms. The molecular weight excluding hydrogens is 218 g/mol. The first-order valence-corrected chi connectivity index (χ1v) is 5.85. The van der Waals surface area contributed by atoms with Crippen LogP contribution in [0.4, 0.5) is 0 Å². The fourth-order valence-corrected chi connectivity index (χ4v) is 1.50. The third-order valence-electron chi connectivity index (χ3n) is 2.40. The highest BCUT2D eigenvalue weighted by atomic mass is 16.5. The Bertz CT molecular complexity index is 365. The number of hydrogen-bond acceptors (Lipinski definition) is 3. The number of hydrogen-bond donors (Lipinski definition) is 2. The molecule has 2 N–H and O–H groups in total. The van der Waals surface area contributed by atoms with Crippen molar-refractivity contribution in [3.63, 3.8) is 0 Å². The molecule has 0 aliphatic rings. The van der Waals surface area contributed by atoms with E-state index in [4.69, 9.17) is 4.74 Å². The van der Waals surface area contributed by atoms with E-state index in [-0.39, 0.29) is 12.5 Å². The van der Waals surface area contributed by atoms with Crippen molar-refractivity contribution in [2.24, 2.45) is 0 Å². The van der Waals surface area contributed by atoms with Gasteiger partial charge in [0.05, 0.1) is 6.10 Å². The summed E-state index contributed by atoms with van der Waals surface area (Å²) >= 11 is 0. The molecule has 1 amide bonds. The normalized spacial score (nSPS) is 11.9. The van der Waals surface area contributed by atoms with E-state index >= 15 is 0 Å². The lowest BCUT2D eigenvalue weighted by Gasteiger charge is -2.14. The average molecular weight is 237 g/mol. The summed E-state index contributed by atoms with van der Waals surface area (Å²) in [5, 5.41) is 12.5. The van der Waals surface area contributed by atoms with E-state index in [1.54, 1.807) is 12.1 Å². The second-order valence-electron chi connectivity index (χ2n) is 3.70. The van der Waals surface area contributed by atoms with Gasteiger partial charge in [0.2, 0.25) is 0 Å². The molecule has 1 rings (SSSR count). The van der Waals surface area contributed by atoms with Crippen LogP contribution in [0.3, 0.4) is 0 Å². The molecule has 0 aliphatic heterocycles. The number of nitrogens with one attached hydrogen (secondary N) is 1. The highest BCUT2D eigenvalue weighted by Gasteiger charge is 2.11. The zero-order valence-electron chi connectivity index (χ0n) is 10.3. The van der Waals surface area contributed by atoms with Crippen LogP contribution in [-0.2, 0) is 4.79 Å². The quantitative estimate of drug-likeness (QED) is 0.791. The lowest BCUT2D eigenvalue weighted by Crippen LogP contribution is -2.28. The molecular formula is C13H19NO3. The number of carbonyl (C=O) groups is 1. The van der Waals surface area contributed by atoms with Crippen LogP contribution in [0.15, 0.2) is 24.3 Å². The number of benzene rings is 1. The van der Waals surface area contributed by atoms with E-state index < -0.39 is 6.10 Å². The first-order valence-electron chi connectivity index (χ1n) is 5.85. The van der Waals surface area contributed by atoms with Crippen molar-refractivity contribution in [3.05, 3.63) is 29.8 Å². The lowest BCUT2D eigenvalue weighted by molar-refractivity contribution is -0.123. The predicted octanol–water partition coefficient (Wildman–Crippen LogP) is 1.64. The molecule has 94 valence electrons. The predicted molar refractivity (Wildman–Crippen MR) is 65.9 cm³/mol. The molecule has 0 aromatic heterocycles. The molecule has 1 aromatic carbocycles. The number of carbonyl (C=O) groups excluding carboxylic acids is 1.